The molecule has 3 atom stereocenters. The summed E-state index contributed by atoms with van der Waals surface area (Å²) in [5.41, 5.74) is 1.86. The number of rotatable bonds is 0. The predicted molar refractivity (Wildman–Crippen MR) is 91.1 cm³/mol. The van der Waals surface area contributed by atoms with Crippen LogP contribution in [0.5, 0.6) is 0 Å². The third-order valence-corrected chi connectivity index (χ3v) is 5.48. The smallest absolute Gasteiger partial charge is 0.106 e. The van der Waals surface area contributed by atoms with Crippen LogP contribution in [0.3, 0.4) is 0 Å². The van der Waals surface area contributed by atoms with Gasteiger partial charge in [-0.2, -0.15) is 0 Å². The molecule has 0 spiro atoms. The molecule has 0 amide bonds. The van der Waals surface area contributed by atoms with Crippen LogP contribution in [-0.2, 0) is 4.74 Å². The lowest BCUT2D eigenvalue weighted by Crippen LogP contribution is -2.49. The quantitative estimate of drug-likeness (QED) is 0.517. The number of ether oxygens (including phenoxy) is 1. The van der Waals surface area contributed by atoms with Gasteiger partial charge in [-0.1, -0.05) is 54.9 Å². The van der Waals surface area contributed by atoms with Gasteiger partial charge in [-0.05, 0) is 49.5 Å². The lowest BCUT2D eigenvalue weighted by Gasteiger charge is -2.54. The Hall–Kier alpha value is -0.460. The fraction of sp³-hybridized carbons (Fsp3) is 0.900. The molecule has 0 saturated heterocycles. The van der Waals surface area contributed by atoms with Crippen molar-refractivity contribution in [3.05, 3.63) is 11.3 Å². The van der Waals surface area contributed by atoms with Crippen molar-refractivity contribution in [3.8, 4) is 0 Å². The van der Waals surface area contributed by atoms with E-state index in [1.165, 1.54) is 25.0 Å². The van der Waals surface area contributed by atoms with Crippen LogP contribution in [0.2, 0.25) is 0 Å². The topological polar surface area (TPSA) is 9.23 Å². The molecule has 0 aromatic carbocycles. The number of fused-ring (bicyclic) bond motifs is 1. The molecule has 0 aromatic rings. The van der Waals surface area contributed by atoms with Crippen molar-refractivity contribution in [3.63, 3.8) is 0 Å². The molecule has 0 bridgehead atoms. The van der Waals surface area contributed by atoms with Gasteiger partial charge in [0, 0.05) is 11.3 Å². The maximum Gasteiger partial charge on any atom is 0.106 e. The highest BCUT2D eigenvalue weighted by atomic mass is 16.5. The summed E-state index contributed by atoms with van der Waals surface area (Å²) in [5.74, 6) is 3.50. The molecule has 1 heterocycles. The van der Waals surface area contributed by atoms with Crippen molar-refractivity contribution in [2.75, 3.05) is 0 Å². The number of allylic oxidation sites excluding steroid dienone is 2. The van der Waals surface area contributed by atoms with E-state index < -0.39 is 0 Å². The van der Waals surface area contributed by atoms with Gasteiger partial charge >= 0.3 is 0 Å². The van der Waals surface area contributed by atoms with Crippen molar-refractivity contribution in [1.82, 2.24) is 0 Å². The summed E-state index contributed by atoms with van der Waals surface area (Å²) in [4.78, 5) is 0. The highest BCUT2D eigenvalue weighted by Gasteiger charge is 2.50. The maximum atomic E-state index is 6.66. The lowest BCUT2D eigenvalue weighted by molar-refractivity contribution is -0.0966. The van der Waals surface area contributed by atoms with Crippen molar-refractivity contribution in [2.24, 2.45) is 28.6 Å². The van der Waals surface area contributed by atoms with Crippen LogP contribution in [0.4, 0.5) is 0 Å². The zero-order chi connectivity index (χ0) is 16.2. The summed E-state index contributed by atoms with van der Waals surface area (Å²) < 4.78 is 6.66. The lowest BCUT2D eigenvalue weighted by atomic mass is 9.59. The van der Waals surface area contributed by atoms with E-state index in [0.717, 1.165) is 5.92 Å². The van der Waals surface area contributed by atoms with E-state index in [1.807, 2.05) is 0 Å². The monoisotopic (exact) mass is 292 g/mol. The van der Waals surface area contributed by atoms with Gasteiger partial charge in [-0.15, -0.1) is 0 Å². The van der Waals surface area contributed by atoms with Crippen molar-refractivity contribution >= 4 is 0 Å². The molecule has 2 rings (SSSR count). The van der Waals surface area contributed by atoms with Crippen LogP contribution >= 0.6 is 0 Å². The molecule has 0 N–H and O–H groups in total. The largest absolute Gasteiger partial charge is 0.491 e. The van der Waals surface area contributed by atoms with Crippen molar-refractivity contribution in [2.45, 2.75) is 87.2 Å². The molecule has 1 fully saturated rings. The Balaban J connectivity index is 2.60. The first-order chi connectivity index (χ1) is 9.34. The standard InChI is InChI=1S/C20H36O/c1-13-10-11-15-14(12-13)16(18(2,3)4)17(19(5,6)7)21-20(15,8)9/h13-15H,10-12H2,1-9H3/t13-,14-,15-/m0/s1. The maximum absolute atomic E-state index is 6.66. The van der Waals surface area contributed by atoms with Crippen LogP contribution in [0.25, 0.3) is 0 Å². The van der Waals surface area contributed by atoms with Gasteiger partial charge in [0.25, 0.3) is 0 Å². The van der Waals surface area contributed by atoms with E-state index in [4.69, 9.17) is 4.74 Å². The Labute approximate surface area is 132 Å². The summed E-state index contributed by atoms with van der Waals surface area (Å²) >= 11 is 0. The molecular formula is C20H36O. The fourth-order valence-electron chi connectivity index (χ4n) is 4.55. The zero-order valence-electron chi connectivity index (χ0n) is 15.8. The Bertz CT molecular complexity index is 428. The average molecular weight is 293 g/mol. The summed E-state index contributed by atoms with van der Waals surface area (Å²) in [6, 6.07) is 0. The van der Waals surface area contributed by atoms with Crippen LogP contribution in [0.15, 0.2) is 11.3 Å². The van der Waals surface area contributed by atoms with E-state index in [-0.39, 0.29) is 16.4 Å². The normalized spacial score (nSPS) is 33.5. The predicted octanol–water partition coefficient (Wildman–Crippen LogP) is 6.19. The molecule has 1 aliphatic carbocycles. The Morgan fingerprint density at radius 1 is 0.952 bits per heavy atom. The molecule has 0 unspecified atom stereocenters. The molecule has 1 nitrogen and oxygen atoms in total. The van der Waals surface area contributed by atoms with Gasteiger partial charge < -0.3 is 4.74 Å². The number of hydrogen-bond donors (Lipinski definition) is 0. The van der Waals surface area contributed by atoms with E-state index in [1.54, 1.807) is 5.57 Å². The minimum Gasteiger partial charge on any atom is -0.491 e. The molecule has 0 aromatic heterocycles. The van der Waals surface area contributed by atoms with Gasteiger partial charge in [0.2, 0.25) is 0 Å². The summed E-state index contributed by atoms with van der Waals surface area (Å²) in [5, 5.41) is 0. The van der Waals surface area contributed by atoms with E-state index in [0.29, 0.717) is 11.8 Å². The number of hydrogen-bond acceptors (Lipinski definition) is 1. The van der Waals surface area contributed by atoms with E-state index in [2.05, 4.69) is 62.3 Å². The Kier molecular flexibility index (Phi) is 4.05. The SMILES string of the molecule is C[C@H]1CC[C@H]2[C@H](C1)C(C(C)(C)C)=C(C(C)(C)C)OC2(C)C. The molecule has 122 valence electrons. The molecule has 2 aliphatic rings. The Morgan fingerprint density at radius 2 is 1.52 bits per heavy atom. The fourth-order valence-corrected chi connectivity index (χ4v) is 4.55. The van der Waals surface area contributed by atoms with Crippen LogP contribution in [0.1, 0.15) is 81.6 Å². The summed E-state index contributed by atoms with van der Waals surface area (Å²) in [6.07, 6.45) is 4.01. The van der Waals surface area contributed by atoms with Gasteiger partial charge in [0.1, 0.15) is 11.4 Å². The van der Waals surface area contributed by atoms with Gasteiger partial charge in [-0.25, -0.2) is 0 Å². The van der Waals surface area contributed by atoms with Gasteiger partial charge in [0.05, 0.1) is 0 Å². The second kappa shape index (κ2) is 5.03. The van der Waals surface area contributed by atoms with Crippen molar-refractivity contribution in [1.29, 1.82) is 0 Å². The van der Waals surface area contributed by atoms with Gasteiger partial charge in [0.15, 0.2) is 0 Å². The van der Waals surface area contributed by atoms with Crippen molar-refractivity contribution < 1.29 is 4.74 Å². The van der Waals surface area contributed by atoms with Gasteiger partial charge in [-0.3, -0.25) is 0 Å². The second-order valence-electron chi connectivity index (χ2n) is 10.1. The van der Waals surface area contributed by atoms with Crippen LogP contribution in [-0.4, -0.2) is 5.60 Å². The highest BCUT2D eigenvalue weighted by molar-refractivity contribution is 5.28. The molecule has 1 saturated carbocycles. The second-order valence-corrected chi connectivity index (χ2v) is 10.1. The van der Waals surface area contributed by atoms with E-state index in [9.17, 15) is 0 Å². The minimum atomic E-state index is -0.0256. The van der Waals surface area contributed by atoms with Crippen LogP contribution < -0.4 is 0 Å². The van der Waals surface area contributed by atoms with Crippen LogP contribution in [0, 0.1) is 28.6 Å². The summed E-state index contributed by atoms with van der Waals surface area (Å²) in [7, 11) is 0. The molecule has 0 radical (unpaired) electrons. The third-order valence-electron chi connectivity index (χ3n) is 5.48. The first kappa shape index (κ1) is 16.9. The molecule has 1 aliphatic heterocycles. The molecule has 21 heavy (non-hydrogen) atoms. The minimum absolute atomic E-state index is 0.0256. The zero-order valence-corrected chi connectivity index (χ0v) is 15.8. The average Bonchev–Trinajstić information content (AvgIpc) is 2.23. The van der Waals surface area contributed by atoms with E-state index >= 15 is 0 Å². The Morgan fingerprint density at radius 3 is 2.00 bits per heavy atom. The summed E-state index contributed by atoms with van der Waals surface area (Å²) in [6.45, 7) is 21.1. The first-order valence-corrected chi connectivity index (χ1v) is 8.78. The third kappa shape index (κ3) is 3.17. The molecular weight excluding hydrogens is 256 g/mol. The first-order valence-electron chi connectivity index (χ1n) is 8.78. The molecule has 1 heteroatoms. The highest BCUT2D eigenvalue weighted by Crippen LogP contribution is 2.56.